The number of morpholine rings is 1. The molecule has 0 unspecified atom stereocenters. The van der Waals surface area contributed by atoms with E-state index in [9.17, 15) is 4.79 Å². The summed E-state index contributed by atoms with van der Waals surface area (Å²) in [7, 11) is 0. The fourth-order valence-corrected chi connectivity index (χ4v) is 5.37. The maximum Gasteiger partial charge on any atom is 0.248 e. The number of carbonyl (C=O) groups is 1. The van der Waals surface area contributed by atoms with Gasteiger partial charge in [0.15, 0.2) is 0 Å². The third-order valence-electron chi connectivity index (χ3n) is 7.49. The number of aliphatic hydroxyl groups excluding tert-OH is 1. The summed E-state index contributed by atoms with van der Waals surface area (Å²) in [6.07, 6.45) is 3.61. The highest BCUT2D eigenvalue weighted by molar-refractivity contribution is 5.97. The molecule has 9 nitrogen and oxygen atoms in total. The van der Waals surface area contributed by atoms with Crippen LogP contribution in [0, 0.1) is 5.41 Å². The van der Waals surface area contributed by atoms with E-state index >= 15 is 0 Å². The Morgan fingerprint density at radius 1 is 1.10 bits per heavy atom. The highest BCUT2D eigenvalue weighted by Crippen LogP contribution is 2.34. The van der Waals surface area contributed by atoms with Crippen molar-refractivity contribution in [1.29, 1.82) is 5.41 Å². The van der Waals surface area contributed by atoms with Crippen LogP contribution in [0.5, 0.6) is 5.75 Å². The molecule has 3 N–H and O–H groups in total. The van der Waals surface area contributed by atoms with E-state index in [1.807, 2.05) is 24.3 Å². The van der Waals surface area contributed by atoms with Gasteiger partial charge in [-0.1, -0.05) is 18.2 Å². The second-order valence-electron chi connectivity index (χ2n) is 9.87. The van der Waals surface area contributed by atoms with Gasteiger partial charge in [-0.05, 0) is 53.1 Å². The number of amides is 1. The average Bonchev–Trinajstić information content (AvgIpc) is 3.65. The fourth-order valence-electron chi connectivity index (χ4n) is 5.37. The molecule has 2 saturated heterocycles. The summed E-state index contributed by atoms with van der Waals surface area (Å²) in [5.41, 5.74) is 6.73. The first-order valence-electron chi connectivity index (χ1n) is 13.2. The first-order chi connectivity index (χ1) is 19.1. The zero-order valence-electron chi connectivity index (χ0n) is 21.6. The van der Waals surface area contributed by atoms with Gasteiger partial charge >= 0.3 is 0 Å². The van der Waals surface area contributed by atoms with Gasteiger partial charge in [0.25, 0.3) is 0 Å². The van der Waals surface area contributed by atoms with E-state index in [1.54, 1.807) is 11.1 Å². The number of rotatable bonds is 7. The summed E-state index contributed by atoms with van der Waals surface area (Å²) in [6.45, 7) is 3.83. The van der Waals surface area contributed by atoms with Gasteiger partial charge in [-0.15, -0.1) is 0 Å². The van der Waals surface area contributed by atoms with Gasteiger partial charge in [-0.25, -0.2) is 4.98 Å². The summed E-state index contributed by atoms with van der Waals surface area (Å²) >= 11 is 0. The highest BCUT2D eigenvalue weighted by atomic mass is 16.5. The second-order valence-corrected chi connectivity index (χ2v) is 9.87. The number of hydrogen-bond donors (Lipinski definition) is 3. The van der Waals surface area contributed by atoms with Gasteiger partial charge in [0.05, 0.1) is 19.8 Å². The van der Waals surface area contributed by atoms with Crippen molar-refractivity contribution in [2.75, 3.05) is 50.9 Å². The lowest BCUT2D eigenvalue weighted by Crippen LogP contribution is -2.36. The second kappa shape index (κ2) is 10.9. The molecule has 6 rings (SSSR count). The number of carbonyl (C=O) groups excluding carboxylic acids is 1. The maximum absolute atomic E-state index is 11.8. The van der Waals surface area contributed by atoms with Gasteiger partial charge in [-0.3, -0.25) is 4.79 Å². The van der Waals surface area contributed by atoms with Crippen molar-refractivity contribution in [3.05, 3.63) is 66.4 Å². The molecule has 1 amide bonds. The van der Waals surface area contributed by atoms with Crippen molar-refractivity contribution in [2.45, 2.75) is 12.5 Å². The summed E-state index contributed by atoms with van der Waals surface area (Å²) in [5.74, 6) is 0.321. The third-order valence-corrected chi connectivity index (χ3v) is 7.49. The van der Waals surface area contributed by atoms with Crippen LogP contribution in [-0.4, -0.2) is 84.2 Å². The quantitative estimate of drug-likeness (QED) is 0.317. The predicted octanol–water partition coefficient (Wildman–Crippen LogP) is 3.70. The number of fused-ring (bicyclic) bond motifs is 1. The number of H-pyrrole nitrogens is 1. The lowest BCUT2D eigenvalue weighted by molar-refractivity contribution is -0.133. The number of anilines is 1. The number of aromatic amines is 1. The molecule has 4 aromatic rings. The van der Waals surface area contributed by atoms with Crippen molar-refractivity contribution in [2.24, 2.45) is 0 Å². The largest absolute Gasteiger partial charge is 0.488 e. The summed E-state index contributed by atoms with van der Waals surface area (Å²) < 4.78 is 11.6. The minimum atomic E-state index is -0.492. The zero-order chi connectivity index (χ0) is 26.8. The van der Waals surface area contributed by atoms with Crippen LogP contribution >= 0.6 is 0 Å². The number of nitrogens with zero attached hydrogens (tertiary/aromatic N) is 3. The number of likely N-dealkylation sites (tertiary alicyclic amines) is 1. The van der Waals surface area contributed by atoms with Gasteiger partial charge < -0.3 is 34.8 Å². The lowest BCUT2D eigenvalue weighted by atomic mass is 10.0. The Balaban J connectivity index is 1.24. The Labute approximate surface area is 226 Å². The van der Waals surface area contributed by atoms with Crippen LogP contribution < -0.4 is 9.64 Å². The SMILES string of the molecule is N=Cc1cc(-c2ccnc3[nH]c(-c4ccc(N5CCOCC5)cc4)cc23)ccc1O[C@H]1CCN(C(=O)CO)C1. The van der Waals surface area contributed by atoms with Gasteiger partial charge in [-0.2, -0.15) is 0 Å². The van der Waals surface area contributed by atoms with Gasteiger partial charge in [0.1, 0.15) is 24.1 Å². The molecule has 0 spiro atoms. The maximum atomic E-state index is 11.8. The van der Waals surface area contributed by atoms with Crippen molar-refractivity contribution < 1.29 is 19.4 Å². The Hall–Kier alpha value is -4.21. The summed E-state index contributed by atoms with van der Waals surface area (Å²) in [4.78, 5) is 23.8. The number of aliphatic hydroxyl groups is 1. The van der Waals surface area contributed by atoms with Crippen molar-refractivity contribution in [3.63, 3.8) is 0 Å². The molecule has 2 fully saturated rings. The van der Waals surface area contributed by atoms with Crippen LogP contribution in [0.2, 0.25) is 0 Å². The molecule has 2 aromatic heterocycles. The summed E-state index contributed by atoms with van der Waals surface area (Å²) in [6, 6.07) is 18.5. The molecule has 0 aliphatic carbocycles. The molecule has 0 bridgehead atoms. The Morgan fingerprint density at radius 2 is 1.90 bits per heavy atom. The van der Waals surface area contributed by atoms with Crippen molar-refractivity contribution in [3.8, 4) is 28.1 Å². The Morgan fingerprint density at radius 3 is 2.67 bits per heavy atom. The topological polar surface area (TPSA) is 115 Å². The third kappa shape index (κ3) is 5.10. The minimum Gasteiger partial charge on any atom is -0.488 e. The normalized spacial score (nSPS) is 17.5. The monoisotopic (exact) mass is 525 g/mol. The van der Waals surface area contributed by atoms with Crippen LogP contribution in [0.25, 0.3) is 33.4 Å². The van der Waals surface area contributed by atoms with E-state index in [-0.39, 0.29) is 12.0 Å². The minimum absolute atomic E-state index is 0.167. The molecule has 2 aliphatic heterocycles. The molecular weight excluding hydrogens is 494 g/mol. The number of benzene rings is 2. The number of aromatic nitrogens is 2. The lowest BCUT2D eigenvalue weighted by Gasteiger charge is -2.28. The number of hydrogen-bond acceptors (Lipinski definition) is 7. The van der Waals surface area contributed by atoms with E-state index in [2.05, 4.69) is 45.2 Å². The van der Waals surface area contributed by atoms with E-state index in [0.717, 1.165) is 59.7 Å². The molecule has 1 atom stereocenters. The molecule has 9 heteroatoms. The first kappa shape index (κ1) is 25.1. The smallest absolute Gasteiger partial charge is 0.248 e. The van der Waals surface area contributed by atoms with Crippen LogP contribution in [0.1, 0.15) is 12.0 Å². The molecular formula is C30H31N5O4. The Bertz CT molecular complexity index is 1490. The van der Waals surface area contributed by atoms with E-state index < -0.39 is 6.61 Å². The molecule has 0 radical (unpaired) electrons. The van der Waals surface area contributed by atoms with Crippen LogP contribution in [-0.2, 0) is 9.53 Å². The Kier molecular flexibility index (Phi) is 7.00. The van der Waals surface area contributed by atoms with Crippen molar-refractivity contribution in [1.82, 2.24) is 14.9 Å². The summed E-state index contributed by atoms with van der Waals surface area (Å²) in [5, 5.41) is 18.1. The number of pyridine rings is 1. The van der Waals surface area contributed by atoms with Gasteiger partial charge in [0, 0.05) is 60.8 Å². The van der Waals surface area contributed by atoms with Crippen LogP contribution in [0.4, 0.5) is 5.69 Å². The molecule has 0 saturated carbocycles. The van der Waals surface area contributed by atoms with Crippen LogP contribution in [0.15, 0.2) is 60.8 Å². The van der Waals surface area contributed by atoms with Crippen LogP contribution in [0.3, 0.4) is 0 Å². The molecule has 4 heterocycles. The molecule has 2 aliphatic rings. The highest BCUT2D eigenvalue weighted by Gasteiger charge is 2.27. The average molecular weight is 526 g/mol. The van der Waals surface area contributed by atoms with Crippen molar-refractivity contribution >= 4 is 28.8 Å². The van der Waals surface area contributed by atoms with E-state index in [1.165, 1.54) is 11.9 Å². The van der Waals surface area contributed by atoms with E-state index in [0.29, 0.717) is 30.8 Å². The first-order valence-corrected chi connectivity index (χ1v) is 13.2. The molecule has 200 valence electrons. The predicted molar refractivity (Wildman–Crippen MR) is 151 cm³/mol. The molecule has 39 heavy (non-hydrogen) atoms. The zero-order valence-corrected chi connectivity index (χ0v) is 21.6. The fraction of sp³-hybridized carbons (Fsp3) is 0.300. The standard InChI is InChI=1S/C30H31N5O4/c31-17-22-15-21(3-6-28(22)39-24-8-10-35(18-24)29(37)19-36)25-7-9-32-30-26(25)16-27(33-30)20-1-4-23(5-2-20)34-11-13-38-14-12-34/h1-7,9,15-17,24,31,36H,8,10-14,18-19H2,(H,32,33)/t24-/m0/s1. The van der Waals surface area contributed by atoms with Gasteiger partial charge in [0.2, 0.25) is 5.91 Å². The van der Waals surface area contributed by atoms with E-state index in [4.69, 9.17) is 20.0 Å². The number of ether oxygens (including phenoxy) is 2. The number of nitrogens with one attached hydrogen (secondary N) is 2. The molecule has 2 aromatic carbocycles.